The Balaban J connectivity index is 3.36. The minimum atomic E-state index is 0.279. The monoisotopic (exact) mass is 114 g/mol. The van der Waals surface area contributed by atoms with Gasteiger partial charge in [-0.15, -0.1) is 0 Å². The number of aliphatic hydroxyl groups is 1. The standard InChI is InChI=1S/C7H14O/c1-3-5-7(4-2)6-8/h3,5,7-8H,4,6H2,1-2H3/b5-3-. The summed E-state index contributed by atoms with van der Waals surface area (Å²) in [5, 5.41) is 8.61. The third-order valence-corrected chi connectivity index (χ3v) is 1.22. The number of hydrogen-bond donors (Lipinski definition) is 1. The number of rotatable bonds is 3. The Labute approximate surface area is 51.0 Å². The highest BCUT2D eigenvalue weighted by atomic mass is 16.3. The molecule has 0 aliphatic rings. The molecule has 0 heterocycles. The van der Waals surface area contributed by atoms with Crippen molar-refractivity contribution < 1.29 is 5.11 Å². The van der Waals surface area contributed by atoms with Crippen molar-refractivity contribution in [2.75, 3.05) is 6.61 Å². The summed E-state index contributed by atoms with van der Waals surface area (Å²) in [7, 11) is 0. The maximum absolute atomic E-state index is 8.61. The van der Waals surface area contributed by atoms with Crippen LogP contribution in [0.25, 0.3) is 0 Å². The lowest BCUT2D eigenvalue weighted by molar-refractivity contribution is 0.249. The van der Waals surface area contributed by atoms with Crippen LogP contribution in [-0.2, 0) is 0 Å². The first-order valence-corrected chi connectivity index (χ1v) is 3.08. The van der Waals surface area contributed by atoms with Crippen LogP contribution < -0.4 is 0 Å². The summed E-state index contributed by atoms with van der Waals surface area (Å²) >= 11 is 0. The van der Waals surface area contributed by atoms with Gasteiger partial charge < -0.3 is 5.11 Å². The molecule has 0 spiro atoms. The average molecular weight is 114 g/mol. The molecule has 0 aromatic carbocycles. The summed E-state index contributed by atoms with van der Waals surface area (Å²) in [5.41, 5.74) is 0. The Morgan fingerprint density at radius 2 is 2.25 bits per heavy atom. The van der Waals surface area contributed by atoms with E-state index in [0.717, 1.165) is 6.42 Å². The first-order valence-electron chi connectivity index (χ1n) is 3.08. The van der Waals surface area contributed by atoms with Crippen LogP contribution >= 0.6 is 0 Å². The summed E-state index contributed by atoms with van der Waals surface area (Å²) in [6.07, 6.45) is 5.03. The van der Waals surface area contributed by atoms with Gasteiger partial charge in [-0.05, 0) is 19.3 Å². The van der Waals surface area contributed by atoms with Crippen LogP contribution in [0.5, 0.6) is 0 Å². The van der Waals surface area contributed by atoms with Crippen LogP contribution in [0.3, 0.4) is 0 Å². The van der Waals surface area contributed by atoms with Gasteiger partial charge in [-0.2, -0.15) is 0 Å². The van der Waals surface area contributed by atoms with Gasteiger partial charge in [-0.3, -0.25) is 0 Å². The van der Waals surface area contributed by atoms with Gasteiger partial charge >= 0.3 is 0 Å². The van der Waals surface area contributed by atoms with Gasteiger partial charge in [0.15, 0.2) is 0 Å². The van der Waals surface area contributed by atoms with E-state index in [-0.39, 0.29) is 6.61 Å². The van der Waals surface area contributed by atoms with Crippen molar-refractivity contribution >= 4 is 0 Å². The third kappa shape index (κ3) is 2.80. The predicted octanol–water partition coefficient (Wildman–Crippen LogP) is 1.58. The van der Waals surface area contributed by atoms with Crippen molar-refractivity contribution in [3.05, 3.63) is 12.2 Å². The topological polar surface area (TPSA) is 20.2 Å². The molecule has 0 aliphatic carbocycles. The van der Waals surface area contributed by atoms with E-state index in [4.69, 9.17) is 5.11 Å². The zero-order chi connectivity index (χ0) is 6.41. The lowest BCUT2D eigenvalue weighted by Gasteiger charge is -2.01. The van der Waals surface area contributed by atoms with Crippen molar-refractivity contribution in [3.8, 4) is 0 Å². The Bertz CT molecular complexity index is 62.8. The van der Waals surface area contributed by atoms with Gasteiger partial charge in [-0.25, -0.2) is 0 Å². The summed E-state index contributed by atoms with van der Waals surface area (Å²) in [4.78, 5) is 0. The molecule has 8 heavy (non-hydrogen) atoms. The van der Waals surface area contributed by atoms with Crippen molar-refractivity contribution in [2.45, 2.75) is 20.3 Å². The highest BCUT2D eigenvalue weighted by Crippen LogP contribution is 2.01. The SMILES string of the molecule is C/C=C\C(CC)CO. The quantitative estimate of drug-likeness (QED) is 0.552. The molecule has 0 radical (unpaired) electrons. The molecule has 0 aromatic rings. The molecule has 48 valence electrons. The molecule has 1 N–H and O–H groups in total. The van der Waals surface area contributed by atoms with Crippen LogP contribution in [0.15, 0.2) is 12.2 Å². The van der Waals surface area contributed by atoms with E-state index in [1.807, 2.05) is 19.1 Å². The summed E-state index contributed by atoms with van der Waals surface area (Å²) in [6.45, 7) is 4.32. The normalized spacial score (nSPS) is 14.9. The maximum atomic E-state index is 8.61. The molecule has 1 nitrogen and oxygen atoms in total. The molecule has 0 saturated carbocycles. The Hall–Kier alpha value is -0.300. The largest absolute Gasteiger partial charge is 0.396 e. The van der Waals surface area contributed by atoms with Crippen LogP contribution in [0, 0.1) is 5.92 Å². The lowest BCUT2D eigenvalue weighted by atomic mass is 10.1. The zero-order valence-corrected chi connectivity index (χ0v) is 5.59. The molecular weight excluding hydrogens is 100 g/mol. The van der Waals surface area contributed by atoms with Crippen LogP contribution in [0.2, 0.25) is 0 Å². The Morgan fingerprint density at radius 3 is 2.38 bits per heavy atom. The second-order valence-electron chi connectivity index (χ2n) is 1.88. The van der Waals surface area contributed by atoms with E-state index < -0.39 is 0 Å². The molecule has 0 amide bonds. The second-order valence-corrected chi connectivity index (χ2v) is 1.88. The van der Waals surface area contributed by atoms with E-state index in [2.05, 4.69) is 6.92 Å². The number of hydrogen-bond acceptors (Lipinski definition) is 1. The van der Waals surface area contributed by atoms with Crippen molar-refractivity contribution in [2.24, 2.45) is 5.92 Å². The van der Waals surface area contributed by atoms with E-state index in [1.165, 1.54) is 0 Å². The first-order chi connectivity index (χ1) is 3.85. The molecule has 0 bridgehead atoms. The minimum absolute atomic E-state index is 0.279. The molecule has 0 saturated heterocycles. The zero-order valence-electron chi connectivity index (χ0n) is 5.59. The van der Waals surface area contributed by atoms with E-state index in [1.54, 1.807) is 0 Å². The van der Waals surface area contributed by atoms with Crippen molar-refractivity contribution in [1.82, 2.24) is 0 Å². The lowest BCUT2D eigenvalue weighted by Crippen LogP contribution is -1.98. The molecule has 1 heteroatoms. The fourth-order valence-electron chi connectivity index (χ4n) is 0.598. The fourth-order valence-corrected chi connectivity index (χ4v) is 0.598. The van der Waals surface area contributed by atoms with Gasteiger partial charge in [0.05, 0.1) is 0 Å². The van der Waals surface area contributed by atoms with Crippen LogP contribution in [-0.4, -0.2) is 11.7 Å². The highest BCUT2D eigenvalue weighted by Gasteiger charge is 1.95. The van der Waals surface area contributed by atoms with Gasteiger partial charge in [0, 0.05) is 6.61 Å². The Kier molecular flexibility index (Phi) is 4.67. The molecule has 0 aliphatic heterocycles. The van der Waals surface area contributed by atoms with E-state index >= 15 is 0 Å². The minimum Gasteiger partial charge on any atom is -0.396 e. The smallest absolute Gasteiger partial charge is 0.0493 e. The van der Waals surface area contributed by atoms with Crippen molar-refractivity contribution in [3.63, 3.8) is 0 Å². The number of aliphatic hydroxyl groups excluding tert-OH is 1. The number of allylic oxidation sites excluding steroid dienone is 1. The maximum Gasteiger partial charge on any atom is 0.0493 e. The third-order valence-electron chi connectivity index (χ3n) is 1.22. The molecular formula is C7H14O. The summed E-state index contributed by atoms with van der Waals surface area (Å²) in [6, 6.07) is 0. The van der Waals surface area contributed by atoms with Crippen LogP contribution in [0.1, 0.15) is 20.3 Å². The molecule has 0 rings (SSSR count). The average Bonchev–Trinajstić information content (AvgIpc) is 1.83. The van der Waals surface area contributed by atoms with E-state index in [9.17, 15) is 0 Å². The van der Waals surface area contributed by atoms with Gasteiger partial charge in [0.2, 0.25) is 0 Å². The molecule has 0 aromatic heterocycles. The fraction of sp³-hybridized carbons (Fsp3) is 0.714. The first kappa shape index (κ1) is 7.70. The highest BCUT2D eigenvalue weighted by molar-refractivity contribution is 4.83. The summed E-state index contributed by atoms with van der Waals surface area (Å²) < 4.78 is 0. The molecule has 1 unspecified atom stereocenters. The van der Waals surface area contributed by atoms with Crippen LogP contribution in [0.4, 0.5) is 0 Å². The van der Waals surface area contributed by atoms with E-state index in [0.29, 0.717) is 5.92 Å². The predicted molar refractivity (Wildman–Crippen MR) is 35.7 cm³/mol. The van der Waals surface area contributed by atoms with Gasteiger partial charge in [0.25, 0.3) is 0 Å². The van der Waals surface area contributed by atoms with Crippen molar-refractivity contribution in [1.29, 1.82) is 0 Å². The summed E-state index contributed by atoms with van der Waals surface area (Å²) in [5.74, 6) is 0.375. The molecule has 1 atom stereocenters. The second kappa shape index (κ2) is 4.85. The van der Waals surface area contributed by atoms with Gasteiger partial charge in [0.1, 0.15) is 0 Å². The Morgan fingerprint density at radius 1 is 1.62 bits per heavy atom. The van der Waals surface area contributed by atoms with Gasteiger partial charge in [-0.1, -0.05) is 19.1 Å². The molecule has 0 fully saturated rings.